The van der Waals surface area contributed by atoms with E-state index in [4.69, 9.17) is 11.5 Å². The highest BCUT2D eigenvalue weighted by Crippen LogP contribution is 2.44. The molecule has 0 saturated heterocycles. The van der Waals surface area contributed by atoms with Crippen LogP contribution in [0.5, 0.6) is 0 Å². The van der Waals surface area contributed by atoms with Crippen molar-refractivity contribution in [3.8, 4) is 0 Å². The summed E-state index contributed by atoms with van der Waals surface area (Å²) in [7, 11) is 0. The highest BCUT2D eigenvalue weighted by atomic mass is 16.3. The minimum absolute atomic E-state index is 0.0106. The maximum absolute atomic E-state index is 10.0. The predicted octanol–water partition coefficient (Wildman–Crippen LogP) is -0.959. The zero-order chi connectivity index (χ0) is 13.2. The van der Waals surface area contributed by atoms with E-state index in [1.54, 1.807) is 27.7 Å². The SMILES string of the molecule is CC(C)(CO)C(N)(C(O)CN)C(C)(C)CO. The summed E-state index contributed by atoms with van der Waals surface area (Å²) >= 11 is 0. The van der Waals surface area contributed by atoms with Crippen molar-refractivity contribution < 1.29 is 15.3 Å². The smallest absolute Gasteiger partial charge is 0.0853 e. The van der Waals surface area contributed by atoms with Gasteiger partial charge in [-0.05, 0) is 0 Å². The maximum atomic E-state index is 10.0. The second-order valence-corrected chi connectivity index (χ2v) is 5.70. The molecule has 0 amide bonds. The van der Waals surface area contributed by atoms with Crippen LogP contribution in [0.2, 0.25) is 0 Å². The monoisotopic (exact) mass is 234 g/mol. The molecule has 98 valence electrons. The van der Waals surface area contributed by atoms with Crippen molar-refractivity contribution in [1.29, 1.82) is 0 Å². The van der Waals surface area contributed by atoms with Gasteiger partial charge < -0.3 is 26.8 Å². The Labute approximate surface area is 97.5 Å². The highest BCUT2D eigenvalue weighted by molar-refractivity contribution is 5.11. The summed E-state index contributed by atoms with van der Waals surface area (Å²) < 4.78 is 0. The van der Waals surface area contributed by atoms with E-state index < -0.39 is 22.5 Å². The Kier molecular flexibility index (Phi) is 4.91. The van der Waals surface area contributed by atoms with Gasteiger partial charge in [0, 0.05) is 17.4 Å². The third kappa shape index (κ3) is 2.24. The summed E-state index contributed by atoms with van der Waals surface area (Å²) in [4.78, 5) is 0. The molecule has 0 heterocycles. The molecule has 0 aliphatic carbocycles. The molecule has 5 heteroatoms. The minimum atomic E-state index is -1.17. The van der Waals surface area contributed by atoms with Crippen molar-refractivity contribution in [3.63, 3.8) is 0 Å². The van der Waals surface area contributed by atoms with Crippen molar-refractivity contribution in [2.24, 2.45) is 22.3 Å². The Morgan fingerprint density at radius 2 is 1.31 bits per heavy atom. The van der Waals surface area contributed by atoms with E-state index in [0.29, 0.717) is 0 Å². The fourth-order valence-corrected chi connectivity index (χ4v) is 2.27. The molecule has 1 unspecified atom stereocenters. The van der Waals surface area contributed by atoms with Crippen molar-refractivity contribution in [3.05, 3.63) is 0 Å². The molecule has 0 spiro atoms. The molecule has 0 bridgehead atoms. The number of aliphatic hydroxyl groups is 3. The normalized spacial score (nSPS) is 16.3. The van der Waals surface area contributed by atoms with Crippen LogP contribution in [0.25, 0.3) is 0 Å². The molecule has 16 heavy (non-hydrogen) atoms. The van der Waals surface area contributed by atoms with E-state index >= 15 is 0 Å². The van der Waals surface area contributed by atoms with E-state index in [1.165, 1.54) is 0 Å². The molecular weight excluding hydrogens is 208 g/mol. The lowest BCUT2D eigenvalue weighted by atomic mass is 9.57. The first-order valence-corrected chi connectivity index (χ1v) is 5.49. The molecule has 0 aliphatic rings. The summed E-state index contributed by atoms with van der Waals surface area (Å²) in [5.74, 6) is 0. The Morgan fingerprint density at radius 1 is 1.00 bits per heavy atom. The third-order valence-electron chi connectivity index (χ3n) is 3.78. The van der Waals surface area contributed by atoms with E-state index in [1.807, 2.05) is 0 Å². The van der Waals surface area contributed by atoms with Crippen LogP contribution < -0.4 is 11.5 Å². The number of aliphatic hydroxyl groups excluding tert-OH is 3. The van der Waals surface area contributed by atoms with Crippen LogP contribution in [0.1, 0.15) is 27.7 Å². The molecule has 7 N–H and O–H groups in total. The lowest BCUT2D eigenvalue weighted by Crippen LogP contribution is -2.72. The molecular formula is C11H26N2O3. The summed E-state index contributed by atoms with van der Waals surface area (Å²) in [6.07, 6.45) is -0.989. The lowest BCUT2D eigenvalue weighted by molar-refractivity contribution is -0.100. The van der Waals surface area contributed by atoms with Crippen LogP contribution in [0, 0.1) is 10.8 Å². The van der Waals surface area contributed by atoms with Crippen molar-refractivity contribution in [2.75, 3.05) is 19.8 Å². The summed E-state index contributed by atoms with van der Waals surface area (Å²) in [5.41, 5.74) is 9.07. The Morgan fingerprint density at radius 3 is 1.50 bits per heavy atom. The van der Waals surface area contributed by atoms with Gasteiger partial charge in [-0.2, -0.15) is 0 Å². The van der Waals surface area contributed by atoms with Crippen LogP contribution >= 0.6 is 0 Å². The molecule has 0 aliphatic heterocycles. The summed E-state index contributed by atoms with van der Waals surface area (Å²) in [6, 6.07) is 0. The van der Waals surface area contributed by atoms with Gasteiger partial charge in [0.2, 0.25) is 0 Å². The Bertz CT molecular complexity index is 213. The van der Waals surface area contributed by atoms with Crippen LogP contribution in [-0.2, 0) is 0 Å². The van der Waals surface area contributed by atoms with Crippen LogP contribution in [0.3, 0.4) is 0 Å². The van der Waals surface area contributed by atoms with Crippen LogP contribution in [0.4, 0.5) is 0 Å². The van der Waals surface area contributed by atoms with Gasteiger partial charge in [0.05, 0.1) is 24.9 Å². The zero-order valence-electron chi connectivity index (χ0n) is 10.7. The van der Waals surface area contributed by atoms with E-state index in [9.17, 15) is 15.3 Å². The average Bonchev–Trinajstić information content (AvgIpc) is 2.26. The average molecular weight is 234 g/mol. The predicted molar refractivity (Wildman–Crippen MR) is 63.7 cm³/mol. The molecule has 0 aromatic rings. The second kappa shape index (κ2) is 4.98. The minimum Gasteiger partial charge on any atom is -0.396 e. The van der Waals surface area contributed by atoms with Gasteiger partial charge in [-0.25, -0.2) is 0 Å². The fourth-order valence-electron chi connectivity index (χ4n) is 2.27. The third-order valence-corrected chi connectivity index (χ3v) is 3.78. The van der Waals surface area contributed by atoms with Gasteiger partial charge in [-0.3, -0.25) is 0 Å². The molecule has 0 radical (unpaired) electrons. The second-order valence-electron chi connectivity index (χ2n) is 5.70. The lowest BCUT2D eigenvalue weighted by Gasteiger charge is -2.54. The standard InChI is InChI=1S/C11H26N2O3/c1-9(2,6-14)11(13,8(16)5-12)10(3,4)7-15/h8,14-16H,5-7,12-13H2,1-4H3. The van der Waals surface area contributed by atoms with Gasteiger partial charge in [0.15, 0.2) is 0 Å². The molecule has 0 aromatic carbocycles. The van der Waals surface area contributed by atoms with E-state index in [-0.39, 0.29) is 19.8 Å². The first-order chi connectivity index (χ1) is 7.10. The van der Waals surface area contributed by atoms with E-state index in [2.05, 4.69) is 0 Å². The molecule has 5 nitrogen and oxygen atoms in total. The fraction of sp³-hybridized carbons (Fsp3) is 1.00. The van der Waals surface area contributed by atoms with Crippen molar-refractivity contribution >= 4 is 0 Å². The van der Waals surface area contributed by atoms with Gasteiger partial charge in [0.1, 0.15) is 0 Å². The topological polar surface area (TPSA) is 113 Å². The van der Waals surface area contributed by atoms with Gasteiger partial charge in [-0.1, -0.05) is 27.7 Å². The van der Waals surface area contributed by atoms with Crippen LogP contribution in [0.15, 0.2) is 0 Å². The Balaban J connectivity index is 5.54. The first-order valence-electron chi connectivity index (χ1n) is 5.49. The summed E-state index contributed by atoms with van der Waals surface area (Å²) in [6.45, 7) is 6.62. The first kappa shape index (κ1) is 15.8. The largest absolute Gasteiger partial charge is 0.396 e. The molecule has 0 rings (SSSR count). The van der Waals surface area contributed by atoms with Gasteiger partial charge >= 0.3 is 0 Å². The number of nitrogens with two attached hydrogens (primary N) is 2. The van der Waals surface area contributed by atoms with Crippen LogP contribution in [-0.4, -0.2) is 46.7 Å². The number of hydrogen-bond acceptors (Lipinski definition) is 5. The van der Waals surface area contributed by atoms with E-state index in [0.717, 1.165) is 0 Å². The number of hydrogen-bond donors (Lipinski definition) is 5. The molecule has 0 fully saturated rings. The maximum Gasteiger partial charge on any atom is 0.0853 e. The Hall–Kier alpha value is -0.200. The molecule has 0 aromatic heterocycles. The molecule has 1 atom stereocenters. The van der Waals surface area contributed by atoms with Gasteiger partial charge in [0.25, 0.3) is 0 Å². The zero-order valence-corrected chi connectivity index (χ0v) is 10.7. The summed E-state index contributed by atoms with van der Waals surface area (Å²) in [5, 5.41) is 28.9. The highest BCUT2D eigenvalue weighted by Gasteiger charge is 2.55. The quantitative estimate of drug-likeness (QED) is 0.406. The van der Waals surface area contributed by atoms with Crippen molar-refractivity contribution in [2.45, 2.75) is 39.3 Å². The van der Waals surface area contributed by atoms with Crippen molar-refractivity contribution in [1.82, 2.24) is 0 Å². The van der Waals surface area contributed by atoms with Gasteiger partial charge in [-0.15, -0.1) is 0 Å². The molecule has 0 saturated carbocycles. The number of rotatable bonds is 6.